The Bertz CT molecular complexity index is 221. The second-order valence-electron chi connectivity index (χ2n) is 3.31. The van der Waals surface area contributed by atoms with E-state index in [1.165, 1.54) is 0 Å². The SMILES string of the molecule is O=C1NC(CO)C2C1C2C(F)F. The first-order valence-electron chi connectivity index (χ1n) is 3.86. The zero-order valence-electron chi connectivity index (χ0n) is 6.21. The van der Waals surface area contributed by atoms with E-state index in [1.54, 1.807) is 0 Å². The molecule has 0 bridgehead atoms. The largest absolute Gasteiger partial charge is 0.394 e. The molecule has 1 aliphatic carbocycles. The highest BCUT2D eigenvalue weighted by atomic mass is 19.3. The predicted octanol–water partition coefficient (Wildman–Crippen LogP) is -0.396. The number of aliphatic hydroxyl groups is 1. The minimum atomic E-state index is -2.43. The van der Waals surface area contributed by atoms with Gasteiger partial charge in [0.05, 0.1) is 18.6 Å². The molecule has 1 amide bonds. The van der Waals surface area contributed by atoms with E-state index in [-0.39, 0.29) is 18.4 Å². The van der Waals surface area contributed by atoms with Gasteiger partial charge in [-0.25, -0.2) is 8.78 Å². The number of aliphatic hydroxyl groups excluding tert-OH is 1. The van der Waals surface area contributed by atoms with Crippen molar-refractivity contribution in [3.05, 3.63) is 0 Å². The van der Waals surface area contributed by atoms with Crippen LogP contribution in [0.4, 0.5) is 8.78 Å². The number of halogens is 2. The van der Waals surface area contributed by atoms with Gasteiger partial charge >= 0.3 is 0 Å². The maximum atomic E-state index is 12.2. The molecule has 0 aromatic heterocycles. The summed E-state index contributed by atoms with van der Waals surface area (Å²) in [4.78, 5) is 10.9. The third-order valence-electron chi connectivity index (χ3n) is 2.72. The fraction of sp³-hybridized carbons (Fsp3) is 0.857. The van der Waals surface area contributed by atoms with Crippen molar-refractivity contribution in [3.63, 3.8) is 0 Å². The Morgan fingerprint density at radius 3 is 2.67 bits per heavy atom. The van der Waals surface area contributed by atoms with Gasteiger partial charge in [0.1, 0.15) is 0 Å². The van der Waals surface area contributed by atoms with Gasteiger partial charge in [0.15, 0.2) is 0 Å². The van der Waals surface area contributed by atoms with Gasteiger partial charge in [-0.05, 0) is 0 Å². The first kappa shape index (κ1) is 7.91. The van der Waals surface area contributed by atoms with Crippen molar-refractivity contribution in [2.45, 2.75) is 12.5 Å². The number of carbonyl (C=O) groups is 1. The molecule has 1 saturated carbocycles. The van der Waals surface area contributed by atoms with Crippen molar-refractivity contribution >= 4 is 5.91 Å². The molecule has 2 rings (SSSR count). The number of piperidine rings is 1. The molecule has 0 spiro atoms. The van der Waals surface area contributed by atoms with Gasteiger partial charge in [-0.1, -0.05) is 0 Å². The van der Waals surface area contributed by atoms with E-state index in [9.17, 15) is 13.6 Å². The molecule has 4 unspecified atom stereocenters. The normalized spacial score (nSPS) is 44.5. The summed E-state index contributed by atoms with van der Waals surface area (Å²) in [6.07, 6.45) is -2.43. The van der Waals surface area contributed by atoms with Crippen molar-refractivity contribution in [1.82, 2.24) is 5.32 Å². The Morgan fingerprint density at radius 2 is 2.25 bits per heavy atom. The van der Waals surface area contributed by atoms with Crippen molar-refractivity contribution in [3.8, 4) is 0 Å². The Kier molecular flexibility index (Phi) is 1.57. The summed E-state index contributed by atoms with van der Waals surface area (Å²) in [6, 6.07) is -0.443. The molecule has 1 saturated heterocycles. The number of amides is 1. The molecule has 2 N–H and O–H groups in total. The smallest absolute Gasteiger partial charge is 0.242 e. The molecular formula is C7H9F2NO2. The van der Waals surface area contributed by atoms with E-state index in [4.69, 9.17) is 5.11 Å². The number of carbonyl (C=O) groups excluding carboxylic acids is 1. The van der Waals surface area contributed by atoms with Gasteiger partial charge in [-0.15, -0.1) is 0 Å². The second-order valence-corrected chi connectivity index (χ2v) is 3.31. The van der Waals surface area contributed by atoms with Crippen LogP contribution < -0.4 is 5.32 Å². The van der Waals surface area contributed by atoms with E-state index < -0.39 is 24.3 Å². The summed E-state index contributed by atoms with van der Waals surface area (Å²) in [5.74, 6) is -2.01. The van der Waals surface area contributed by atoms with Gasteiger partial charge in [-0.2, -0.15) is 0 Å². The molecule has 2 aliphatic rings. The summed E-state index contributed by atoms with van der Waals surface area (Å²) in [7, 11) is 0. The van der Waals surface area contributed by atoms with Crippen LogP contribution in [0.5, 0.6) is 0 Å². The Balaban J connectivity index is 2.07. The van der Waals surface area contributed by atoms with Crippen LogP contribution >= 0.6 is 0 Å². The number of hydrogen-bond donors (Lipinski definition) is 2. The van der Waals surface area contributed by atoms with Crippen LogP contribution in [-0.4, -0.2) is 30.1 Å². The highest BCUT2D eigenvalue weighted by Crippen LogP contribution is 2.55. The number of fused-ring (bicyclic) bond motifs is 1. The molecular weight excluding hydrogens is 168 g/mol. The number of rotatable bonds is 2. The molecule has 0 aromatic carbocycles. The third-order valence-corrected chi connectivity index (χ3v) is 2.72. The van der Waals surface area contributed by atoms with Gasteiger partial charge in [-0.3, -0.25) is 4.79 Å². The van der Waals surface area contributed by atoms with Crippen LogP contribution in [0.1, 0.15) is 0 Å². The van der Waals surface area contributed by atoms with Crippen molar-refractivity contribution in [2.75, 3.05) is 6.61 Å². The lowest BCUT2D eigenvalue weighted by atomic mass is 10.2. The first-order chi connectivity index (χ1) is 5.66. The third kappa shape index (κ3) is 0.857. The van der Waals surface area contributed by atoms with Gasteiger partial charge < -0.3 is 10.4 Å². The quantitative estimate of drug-likeness (QED) is 0.603. The Labute approximate surface area is 67.8 Å². The molecule has 5 heteroatoms. The van der Waals surface area contributed by atoms with Crippen LogP contribution in [0.15, 0.2) is 0 Å². The van der Waals surface area contributed by atoms with Gasteiger partial charge in [0.25, 0.3) is 0 Å². The van der Waals surface area contributed by atoms with E-state index in [1.807, 2.05) is 0 Å². The monoisotopic (exact) mass is 177 g/mol. The van der Waals surface area contributed by atoms with E-state index in [0.717, 1.165) is 0 Å². The zero-order chi connectivity index (χ0) is 8.88. The molecule has 12 heavy (non-hydrogen) atoms. The molecule has 0 radical (unpaired) electrons. The van der Waals surface area contributed by atoms with Crippen LogP contribution in [-0.2, 0) is 4.79 Å². The van der Waals surface area contributed by atoms with E-state index >= 15 is 0 Å². The molecule has 0 aromatic rings. The maximum Gasteiger partial charge on any atom is 0.242 e. The fourth-order valence-corrected chi connectivity index (χ4v) is 2.09. The summed E-state index contributed by atoms with van der Waals surface area (Å²) in [5, 5.41) is 11.2. The zero-order valence-corrected chi connectivity index (χ0v) is 6.21. The van der Waals surface area contributed by atoms with Crippen molar-refractivity contribution < 1.29 is 18.7 Å². The molecule has 2 fully saturated rings. The van der Waals surface area contributed by atoms with E-state index in [2.05, 4.69) is 5.32 Å². The van der Waals surface area contributed by atoms with Gasteiger partial charge in [0, 0.05) is 11.8 Å². The predicted molar refractivity (Wildman–Crippen MR) is 35.5 cm³/mol. The average Bonchev–Trinajstić information content (AvgIpc) is 2.67. The van der Waals surface area contributed by atoms with Crippen LogP contribution in [0.2, 0.25) is 0 Å². The maximum absolute atomic E-state index is 12.2. The van der Waals surface area contributed by atoms with Crippen LogP contribution in [0, 0.1) is 17.8 Å². The average molecular weight is 177 g/mol. The number of nitrogens with one attached hydrogen (secondary N) is 1. The molecule has 1 heterocycles. The fourth-order valence-electron chi connectivity index (χ4n) is 2.09. The van der Waals surface area contributed by atoms with E-state index in [0.29, 0.717) is 0 Å². The van der Waals surface area contributed by atoms with Gasteiger partial charge in [0.2, 0.25) is 12.3 Å². The first-order valence-corrected chi connectivity index (χ1v) is 3.86. The number of alkyl halides is 2. The summed E-state index contributed by atoms with van der Waals surface area (Å²) in [5.41, 5.74) is 0. The lowest BCUT2D eigenvalue weighted by Gasteiger charge is -2.11. The summed E-state index contributed by atoms with van der Waals surface area (Å²) >= 11 is 0. The lowest BCUT2D eigenvalue weighted by Crippen LogP contribution is -2.36. The highest BCUT2D eigenvalue weighted by Gasteiger charge is 2.66. The van der Waals surface area contributed by atoms with Crippen molar-refractivity contribution in [1.29, 1.82) is 0 Å². The Morgan fingerprint density at radius 1 is 1.58 bits per heavy atom. The lowest BCUT2D eigenvalue weighted by molar-refractivity contribution is -0.122. The minimum Gasteiger partial charge on any atom is -0.394 e. The van der Waals surface area contributed by atoms with Crippen LogP contribution in [0.25, 0.3) is 0 Å². The minimum absolute atomic E-state index is 0.240. The molecule has 3 nitrogen and oxygen atoms in total. The Hall–Kier alpha value is -0.710. The van der Waals surface area contributed by atoms with Crippen LogP contribution in [0.3, 0.4) is 0 Å². The summed E-state index contributed by atoms with van der Waals surface area (Å²) < 4.78 is 24.3. The highest BCUT2D eigenvalue weighted by molar-refractivity contribution is 5.86. The standard InChI is InChI=1S/C7H9F2NO2/c8-6(9)4-3-2(1-11)10-7(12)5(3)4/h2-6,11H,1H2,(H,10,12). The molecule has 4 atom stereocenters. The summed E-state index contributed by atoms with van der Waals surface area (Å²) in [6.45, 7) is -0.240. The molecule has 68 valence electrons. The van der Waals surface area contributed by atoms with Crippen molar-refractivity contribution in [2.24, 2.45) is 17.8 Å². The second kappa shape index (κ2) is 2.39. The topological polar surface area (TPSA) is 49.3 Å². The molecule has 1 aliphatic heterocycles. The number of hydrogen-bond acceptors (Lipinski definition) is 2.